The van der Waals surface area contributed by atoms with Gasteiger partial charge in [0.2, 0.25) is 0 Å². The van der Waals surface area contributed by atoms with E-state index in [0.29, 0.717) is 6.61 Å². The van der Waals surface area contributed by atoms with E-state index in [9.17, 15) is 0 Å². The largest absolute Gasteiger partial charge is 0.378 e. The molecular formula is C13H23BrN4O. The molecule has 1 N–H and O–H groups in total. The van der Waals surface area contributed by atoms with Crippen LogP contribution < -0.4 is 5.32 Å². The van der Waals surface area contributed by atoms with Crippen LogP contribution in [0, 0.1) is 0 Å². The van der Waals surface area contributed by atoms with Crippen LogP contribution in [0.1, 0.15) is 19.2 Å². The zero-order valence-corrected chi connectivity index (χ0v) is 13.5. The first-order chi connectivity index (χ1) is 9.11. The van der Waals surface area contributed by atoms with E-state index in [4.69, 9.17) is 4.74 Å². The number of halogens is 1. The van der Waals surface area contributed by atoms with Crippen LogP contribution in [0.15, 0.2) is 10.7 Å². The summed E-state index contributed by atoms with van der Waals surface area (Å²) in [5.74, 6) is 1.72. The molecular weight excluding hydrogens is 308 g/mol. The molecule has 0 saturated heterocycles. The Hall–Kier alpha value is -0.720. The van der Waals surface area contributed by atoms with Crippen LogP contribution in [-0.2, 0) is 11.2 Å². The molecule has 0 radical (unpaired) electrons. The van der Waals surface area contributed by atoms with Crippen LogP contribution in [0.2, 0.25) is 0 Å². The average Bonchev–Trinajstić information content (AvgIpc) is 2.33. The first kappa shape index (κ1) is 16.3. The van der Waals surface area contributed by atoms with E-state index in [1.165, 1.54) is 0 Å². The maximum atomic E-state index is 5.51. The average molecular weight is 331 g/mol. The summed E-state index contributed by atoms with van der Waals surface area (Å²) in [6.45, 7) is 5.25. The molecule has 0 bridgehead atoms. The van der Waals surface area contributed by atoms with Gasteiger partial charge in [-0.3, -0.25) is 0 Å². The molecule has 0 unspecified atom stereocenters. The highest BCUT2D eigenvalue weighted by Gasteiger charge is 2.02. The lowest BCUT2D eigenvalue weighted by Gasteiger charge is -2.11. The third kappa shape index (κ3) is 7.44. The second-order valence-electron chi connectivity index (χ2n) is 4.58. The summed E-state index contributed by atoms with van der Waals surface area (Å²) < 4.78 is 6.34. The molecule has 5 nitrogen and oxygen atoms in total. The highest BCUT2D eigenvalue weighted by molar-refractivity contribution is 9.10. The Balaban J connectivity index is 2.28. The van der Waals surface area contributed by atoms with Crippen LogP contribution in [0.4, 0.5) is 5.82 Å². The first-order valence-electron chi connectivity index (χ1n) is 6.61. The maximum absolute atomic E-state index is 5.51. The SMILES string of the molecule is CCCc1nc(Br)cc(NCCOCCN(C)C)n1. The monoisotopic (exact) mass is 330 g/mol. The maximum Gasteiger partial charge on any atom is 0.132 e. The van der Waals surface area contributed by atoms with Crippen molar-refractivity contribution in [3.63, 3.8) is 0 Å². The van der Waals surface area contributed by atoms with Crippen molar-refractivity contribution >= 4 is 21.7 Å². The van der Waals surface area contributed by atoms with Crippen molar-refractivity contribution in [2.24, 2.45) is 0 Å². The number of aryl methyl sites for hydroxylation is 1. The van der Waals surface area contributed by atoms with Crippen LogP contribution in [0.3, 0.4) is 0 Å². The number of nitrogens with one attached hydrogen (secondary N) is 1. The molecule has 0 fully saturated rings. The molecule has 19 heavy (non-hydrogen) atoms. The van der Waals surface area contributed by atoms with Crippen LogP contribution >= 0.6 is 15.9 Å². The smallest absolute Gasteiger partial charge is 0.132 e. The Morgan fingerprint density at radius 2 is 2.11 bits per heavy atom. The van der Waals surface area contributed by atoms with E-state index in [0.717, 1.165) is 48.8 Å². The standard InChI is InChI=1S/C13H23BrN4O/c1-4-5-12-16-11(14)10-13(17-12)15-6-8-19-9-7-18(2)3/h10H,4-9H2,1-3H3,(H,15,16,17). The van der Waals surface area contributed by atoms with Gasteiger partial charge >= 0.3 is 0 Å². The zero-order valence-electron chi connectivity index (χ0n) is 11.9. The van der Waals surface area contributed by atoms with E-state index in [1.54, 1.807) is 0 Å². The van der Waals surface area contributed by atoms with Gasteiger partial charge in [-0.2, -0.15) is 0 Å². The summed E-state index contributed by atoms with van der Waals surface area (Å²) in [5.41, 5.74) is 0. The normalized spacial score (nSPS) is 11.0. The highest BCUT2D eigenvalue weighted by atomic mass is 79.9. The molecule has 0 atom stereocenters. The van der Waals surface area contributed by atoms with Gasteiger partial charge in [-0.15, -0.1) is 0 Å². The number of rotatable bonds is 9. The van der Waals surface area contributed by atoms with Gasteiger partial charge in [-0.1, -0.05) is 6.92 Å². The van der Waals surface area contributed by atoms with Gasteiger partial charge in [0.05, 0.1) is 13.2 Å². The minimum Gasteiger partial charge on any atom is -0.378 e. The van der Waals surface area contributed by atoms with Gasteiger partial charge in [0.1, 0.15) is 16.2 Å². The molecule has 1 aromatic heterocycles. The number of nitrogens with zero attached hydrogens (tertiary/aromatic N) is 3. The predicted octanol–water partition coefficient (Wildman–Crippen LogP) is 2.18. The minimum atomic E-state index is 0.679. The first-order valence-corrected chi connectivity index (χ1v) is 7.41. The fourth-order valence-electron chi connectivity index (χ4n) is 1.49. The second kappa shape index (κ2) is 9.23. The Labute approximate surface area is 123 Å². The number of hydrogen-bond donors (Lipinski definition) is 1. The molecule has 1 rings (SSSR count). The quantitative estimate of drug-likeness (QED) is 0.555. The van der Waals surface area contributed by atoms with E-state index in [-0.39, 0.29) is 0 Å². The number of hydrogen-bond acceptors (Lipinski definition) is 5. The topological polar surface area (TPSA) is 50.3 Å². The third-order valence-corrected chi connectivity index (χ3v) is 2.86. The van der Waals surface area contributed by atoms with E-state index >= 15 is 0 Å². The summed E-state index contributed by atoms with van der Waals surface area (Å²) >= 11 is 3.40. The summed E-state index contributed by atoms with van der Waals surface area (Å²) in [6.07, 6.45) is 1.94. The van der Waals surface area contributed by atoms with Gasteiger partial charge < -0.3 is 15.0 Å². The fourth-order valence-corrected chi connectivity index (χ4v) is 1.91. The summed E-state index contributed by atoms with van der Waals surface area (Å²) in [6, 6.07) is 1.89. The summed E-state index contributed by atoms with van der Waals surface area (Å²) in [4.78, 5) is 10.9. The molecule has 6 heteroatoms. The van der Waals surface area contributed by atoms with Crippen LogP contribution in [-0.4, -0.2) is 55.3 Å². The molecule has 1 heterocycles. The molecule has 0 saturated carbocycles. The molecule has 0 spiro atoms. The molecule has 0 aromatic carbocycles. The van der Waals surface area contributed by atoms with Gasteiger partial charge in [0.25, 0.3) is 0 Å². The van der Waals surface area contributed by atoms with Crippen LogP contribution in [0.5, 0.6) is 0 Å². The highest BCUT2D eigenvalue weighted by Crippen LogP contribution is 2.12. The third-order valence-electron chi connectivity index (χ3n) is 2.45. The number of likely N-dealkylation sites (N-methyl/N-ethyl adjacent to an activating group) is 1. The number of aromatic nitrogens is 2. The van der Waals surface area contributed by atoms with Gasteiger partial charge in [-0.05, 0) is 36.4 Å². The van der Waals surface area contributed by atoms with Gasteiger partial charge in [0, 0.05) is 25.6 Å². The van der Waals surface area contributed by atoms with Gasteiger partial charge in [-0.25, -0.2) is 9.97 Å². The Kier molecular flexibility index (Phi) is 7.93. The number of anilines is 1. The van der Waals surface area contributed by atoms with Crippen molar-refractivity contribution in [1.29, 1.82) is 0 Å². The minimum absolute atomic E-state index is 0.679. The summed E-state index contributed by atoms with van der Waals surface area (Å²) in [7, 11) is 4.07. The molecule has 1 aromatic rings. The van der Waals surface area contributed by atoms with E-state index < -0.39 is 0 Å². The molecule has 0 aliphatic carbocycles. The van der Waals surface area contributed by atoms with E-state index in [2.05, 4.69) is 43.0 Å². The zero-order chi connectivity index (χ0) is 14.1. The van der Waals surface area contributed by atoms with Crippen molar-refractivity contribution < 1.29 is 4.74 Å². The van der Waals surface area contributed by atoms with Crippen LogP contribution in [0.25, 0.3) is 0 Å². The van der Waals surface area contributed by atoms with Crippen molar-refractivity contribution in [2.75, 3.05) is 45.7 Å². The Bertz CT molecular complexity index is 374. The Morgan fingerprint density at radius 1 is 1.32 bits per heavy atom. The summed E-state index contributed by atoms with van der Waals surface area (Å²) in [5, 5.41) is 3.25. The fraction of sp³-hybridized carbons (Fsp3) is 0.692. The molecule has 0 aliphatic rings. The van der Waals surface area contributed by atoms with Crippen molar-refractivity contribution in [2.45, 2.75) is 19.8 Å². The second-order valence-corrected chi connectivity index (χ2v) is 5.40. The lowest BCUT2D eigenvalue weighted by Crippen LogP contribution is -2.20. The number of ether oxygens (including phenoxy) is 1. The van der Waals surface area contributed by atoms with Crippen molar-refractivity contribution in [3.8, 4) is 0 Å². The lowest BCUT2D eigenvalue weighted by molar-refractivity contribution is 0.126. The van der Waals surface area contributed by atoms with E-state index in [1.807, 2.05) is 20.2 Å². The Morgan fingerprint density at radius 3 is 2.79 bits per heavy atom. The molecule has 0 amide bonds. The molecule has 0 aliphatic heterocycles. The van der Waals surface area contributed by atoms with Gasteiger partial charge in [0.15, 0.2) is 0 Å². The molecule has 108 valence electrons. The van der Waals surface area contributed by atoms with Crippen molar-refractivity contribution in [3.05, 3.63) is 16.5 Å². The lowest BCUT2D eigenvalue weighted by atomic mass is 10.3. The predicted molar refractivity (Wildman–Crippen MR) is 81.6 cm³/mol. The van der Waals surface area contributed by atoms with Crippen molar-refractivity contribution in [1.82, 2.24) is 14.9 Å².